The van der Waals surface area contributed by atoms with E-state index >= 15 is 0 Å². The van der Waals surface area contributed by atoms with Gasteiger partial charge in [-0.3, -0.25) is 10.1 Å². The summed E-state index contributed by atoms with van der Waals surface area (Å²) in [7, 11) is 1.58. The number of rotatable bonds is 11. The molecule has 2 aromatic carbocycles. The summed E-state index contributed by atoms with van der Waals surface area (Å²) in [6, 6.07) is 10.8. The zero-order valence-electron chi connectivity index (χ0n) is 18.6. The predicted octanol–water partition coefficient (Wildman–Crippen LogP) is 4.12. The summed E-state index contributed by atoms with van der Waals surface area (Å²) in [5.41, 5.74) is 1.39. The second-order valence-electron chi connectivity index (χ2n) is 6.59. The third-order valence-corrected chi connectivity index (χ3v) is 4.33. The monoisotopic (exact) mass is 441 g/mol. The summed E-state index contributed by atoms with van der Waals surface area (Å²) >= 11 is 0. The summed E-state index contributed by atoms with van der Waals surface area (Å²) in [4.78, 5) is 12.4. The second kappa shape index (κ2) is 11.0. The number of hydrogen-bond acceptors (Lipinski definition) is 8. The number of methoxy groups -OCH3 is 1. The van der Waals surface area contributed by atoms with E-state index in [1.165, 1.54) is 0 Å². The SMILES string of the molecule is CCOc1cc(-c2nnc(NC(=O)Cc3cccc(OC)c3)o2)cc(OCC)c1OCC. The Morgan fingerprint density at radius 1 is 0.969 bits per heavy atom. The minimum absolute atomic E-state index is 0.00213. The number of ether oxygens (including phenoxy) is 4. The van der Waals surface area contributed by atoms with Crippen molar-refractivity contribution < 1.29 is 28.2 Å². The lowest BCUT2D eigenvalue weighted by Crippen LogP contribution is -2.14. The van der Waals surface area contributed by atoms with Gasteiger partial charge >= 0.3 is 6.01 Å². The van der Waals surface area contributed by atoms with Crippen LogP contribution in [-0.2, 0) is 11.2 Å². The molecule has 3 rings (SSSR count). The lowest BCUT2D eigenvalue weighted by Gasteiger charge is -2.16. The van der Waals surface area contributed by atoms with E-state index in [-0.39, 0.29) is 24.2 Å². The van der Waals surface area contributed by atoms with Crippen LogP contribution in [0.25, 0.3) is 11.5 Å². The minimum Gasteiger partial charge on any atom is -0.497 e. The summed E-state index contributed by atoms with van der Waals surface area (Å²) in [5.74, 6) is 2.15. The number of carbonyl (C=O) groups is 1. The first-order valence-corrected chi connectivity index (χ1v) is 10.4. The number of anilines is 1. The Labute approximate surface area is 186 Å². The second-order valence-corrected chi connectivity index (χ2v) is 6.59. The van der Waals surface area contributed by atoms with Crippen LogP contribution in [0.2, 0.25) is 0 Å². The lowest BCUT2D eigenvalue weighted by atomic mass is 10.1. The highest BCUT2D eigenvalue weighted by Crippen LogP contribution is 2.41. The van der Waals surface area contributed by atoms with Gasteiger partial charge in [-0.1, -0.05) is 17.2 Å². The predicted molar refractivity (Wildman–Crippen MR) is 119 cm³/mol. The third-order valence-electron chi connectivity index (χ3n) is 4.33. The van der Waals surface area contributed by atoms with E-state index in [2.05, 4.69) is 15.5 Å². The molecule has 3 aromatic rings. The van der Waals surface area contributed by atoms with Crippen molar-refractivity contribution in [3.05, 3.63) is 42.0 Å². The molecule has 1 heterocycles. The molecule has 32 heavy (non-hydrogen) atoms. The van der Waals surface area contributed by atoms with Crippen LogP contribution in [0.15, 0.2) is 40.8 Å². The number of benzene rings is 2. The van der Waals surface area contributed by atoms with E-state index in [1.54, 1.807) is 25.3 Å². The maximum absolute atomic E-state index is 12.4. The standard InChI is InChI=1S/C23H27N3O6/c1-5-29-18-13-16(14-19(30-6-2)21(18)31-7-3)22-25-26-23(32-22)24-20(27)12-15-9-8-10-17(11-15)28-4/h8-11,13-14H,5-7,12H2,1-4H3,(H,24,26,27). The zero-order chi connectivity index (χ0) is 22.9. The van der Waals surface area contributed by atoms with Gasteiger partial charge in [0.15, 0.2) is 11.5 Å². The van der Waals surface area contributed by atoms with E-state index in [1.807, 2.05) is 39.0 Å². The molecule has 0 spiro atoms. The highest BCUT2D eigenvalue weighted by molar-refractivity contribution is 5.90. The average molecular weight is 441 g/mol. The van der Waals surface area contributed by atoms with Crippen molar-refractivity contribution in [2.24, 2.45) is 0 Å². The van der Waals surface area contributed by atoms with Crippen LogP contribution in [0.1, 0.15) is 26.3 Å². The maximum atomic E-state index is 12.4. The summed E-state index contributed by atoms with van der Waals surface area (Å²) in [6.07, 6.45) is 0.140. The molecule has 9 heteroatoms. The van der Waals surface area contributed by atoms with Gasteiger partial charge in [-0.15, -0.1) is 5.10 Å². The van der Waals surface area contributed by atoms with E-state index in [0.29, 0.717) is 48.4 Å². The molecule has 0 radical (unpaired) electrons. The molecule has 0 saturated carbocycles. The van der Waals surface area contributed by atoms with Crippen molar-refractivity contribution in [2.75, 3.05) is 32.2 Å². The Morgan fingerprint density at radius 3 is 2.28 bits per heavy atom. The average Bonchev–Trinajstić information content (AvgIpc) is 3.24. The molecule has 9 nitrogen and oxygen atoms in total. The molecule has 0 unspecified atom stereocenters. The molecule has 1 amide bonds. The number of hydrogen-bond donors (Lipinski definition) is 1. The molecule has 0 aliphatic rings. The van der Waals surface area contributed by atoms with Crippen LogP contribution in [-0.4, -0.2) is 43.0 Å². The molecule has 1 N–H and O–H groups in total. The first-order chi connectivity index (χ1) is 15.6. The van der Waals surface area contributed by atoms with Gasteiger partial charge in [-0.2, -0.15) is 0 Å². The van der Waals surface area contributed by atoms with Gasteiger partial charge < -0.3 is 23.4 Å². The number of aromatic nitrogens is 2. The van der Waals surface area contributed by atoms with Crippen LogP contribution in [0.5, 0.6) is 23.0 Å². The van der Waals surface area contributed by atoms with Crippen LogP contribution in [0.3, 0.4) is 0 Å². The largest absolute Gasteiger partial charge is 0.497 e. The molecular formula is C23H27N3O6. The molecule has 0 fully saturated rings. The van der Waals surface area contributed by atoms with Gasteiger partial charge in [-0.25, -0.2) is 0 Å². The van der Waals surface area contributed by atoms with Crippen LogP contribution >= 0.6 is 0 Å². The molecule has 0 atom stereocenters. The minimum atomic E-state index is -0.287. The van der Waals surface area contributed by atoms with Crippen LogP contribution in [0.4, 0.5) is 6.01 Å². The van der Waals surface area contributed by atoms with Crippen molar-refractivity contribution in [1.29, 1.82) is 0 Å². The Kier molecular flexibility index (Phi) is 7.91. The van der Waals surface area contributed by atoms with Crippen molar-refractivity contribution >= 4 is 11.9 Å². The Morgan fingerprint density at radius 2 is 1.66 bits per heavy atom. The lowest BCUT2D eigenvalue weighted by molar-refractivity contribution is -0.115. The Balaban J connectivity index is 1.79. The summed E-state index contributed by atoms with van der Waals surface area (Å²) in [6.45, 7) is 7.01. The number of amides is 1. The van der Waals surface area contributed by atoms with Gasteiger partial charge in [0.25, 0.3) is 0 Å². The third kappa shape index (κ3) is 5.69. The van der Waals surface area contributed by atoms with Crippen molar-refractivity contribution in [3.8, 4) is 34.5 Å². The van der Waals surface area contributed by atoms with Crippen molar-refractivity contribution in [1.82, 2.24) is 10.2 Å². The van der Waals surface area contributed by atoms with E-state index < -0.39 is 0 Å². The van der Waals surface area contributed by atoms with Gasteiger partial charge in [0.1, 0.15) is 5.75 Å². The Hall–Kier alpha value is -3.75. The van der Waals surface area contributed by atoms with E-state index in [9.17, 15) is 4.79 Å². The number of nitrogens with zero attached hydrogens (tertiary/aromatic N) is 2. The van der Waals surface area contributed by atoms with Crippen molar-refractivity contribution in [3.63, 3.8) is 0 Å². The van der Waals surface area contributed by atoms with E-state index in [0.717, 1.165) is 5.56 Å². The topological polar surface area (TPSA) is 105 Å². The highest BCUT2D eigenvalue weighted by Gasteiger charge is 2.19. The molecule has 0 aliphatic heterocycles. The molecule has 170 valence electrons. The first-order valence-electron chi connectivity index (χ1n) is 10.4. The Bertz CT molecular complexity index is 1020. The normalized spacial score (nSPS) is 10.5. The fraction of sp³-hybridized carbons (Fsp3) is 0.348. The van der Waals surface area contributed by atoms with Gasteiger partial charge in [0, 0.05) is 5.56 Å². The van der Waals surface area contributed by atoms with Gasteiger partial charge in [0.05, 0.1) is 33.4 Å². The maximum Gasteiger partial charge on any atom is 0.322 e. The molecule has 1 aromatic heterocycles. The van der Waals surface area contributed by atoms with Gasteiger partial charge in [0.2, 0.25) is 17.5 Å². The molecule has 0 aliphatic carbocycles. The zero-order valence-corrected chi connectivity index (χ0v) is 18.6. The number of nitrogens with one attached hydrogen (secondary N) is 1. The molecule has 0 bridgehead atoms. The quantitative estimate of drug-likeness (QED) is 0.474. The molecule has 0 saturated heterocycles. The first kappa shape index (κ1) is 22.9. The van der Waals surface area contributed by atoms with Crippen LogP contribution in [0, 0.1) is 0 Å². The smallest absolute Gasteiger partial charge is 0.322 e. The van der Waals surface area contributed by atoms with Crippen LogP contribution < -0.4 is 24.3 Å². The fourth-order valence-electron chi connectivity index (χ4n) is 3.03. The fourth-order valence-corrected chi connectivity index (χ4v) is 3.03. The van der Waals surface area contributed by atoms with Crippen molar-refractivity contribution in [2.45, 2.75) is 27.2 Å². The highest BCUT2D eigenvalue weighted by atomic mass is 16.5. The molecular weight excluding hydrogens is 414 g/mol. The summed E-state index contributed by atoms with van der Waals surface area (Å²) < 4.78 is 28.0. The van der Waals surface area contributed by atoms with E-state index in [4.69, 9.17) is 23.4 Å². The van der Waals surface area contributed by atoms with Gasteiger partial charge in [-0.05, 0) is 50.6 Å². The number of carbonyl (C=O) groups excluding carboxylic acids is 1. The summed E-state index contributed by atoms with van der Waals surface area (Å²) in [5, 5.41) is 10.6.